The summed E-state index contributed by atoms with van der Waals surface area (Å²) in [6, 6.07) is 14.8. The van der Waals surface area contributed by atoms with Crippen LogP contribution in [0.25, 0.3) is 11.3 Å². The Balaban J connectivity index is 1.96. The van der Waals surface area contributed by atoms with Crippen molar-refractivity contribution < 1.29 is 14.2 Å². The Bertz CT molecular complexity index is 1060. The molecule has 0 fully saturated rings. The van der Waals surface area contributed by atoms with Gasteiger partial charge in [0, 0.05) is 11.1 Å². The standard InChI is InChI=1S/C21H21N5O3/c1-3-28-17-6-4-5-7-18(17)29-12-14-10-13(8-9-16(14)27-2)19-15(11-22)20(23)26-21(24)25-19/h4-10H,3,12H2,1-2H3,(H4,23,24,25,26). The number of nitrogens with zero attached hydrogens (tertiary/aromatic N) is 3. The lowest BCUT2D eigenvalue weighted by Crippen LogP contribution is -2.06. The topological polar surface area (TPSA) is 129 Å². The molecule has 29 heavy (non-hydrogen) atoms. The molecule has 0 aliphatic carbocycles. The van der Waals surface area contributed by atoms with Crippen LogP contribution in [0.5, 0.6) is 17.2 Å². The monoisotopic (exact) mass is 391 g/mol. The molecule has 0 unspecified atom stereocenters. The van der Waals surface area contributed by atoms with Crippen molar-refractivity contribution >= 4 is 11.8 Å². The molecule has 4 N–H and O–H groups in total. The number of methoxy groups -OCH3 is 1. The Kier molecular flexibility index (Phi) is 6.00. The Morgan fingerprint density at radius 3 is 2.38 bits per heavy atom. The van der Waals surface area contributed by atoms with E-state index in [1.165, 1.54) is 0 Å². The van der Waals surface area contributed by atoms with Crippen LogP contribution in [0.3, 0.4) is 0 Å². The van der Waals surface area contributed by atoms with Gasteiger partial charge in [-0.2, -0.15) is 10.2 Å². The molecule has 3 aromatic rings. The zero-order chi connectivity index (χ0) is 20.8. The maximum atomic E-state index is 9.44. The molecule has 0 aliphatic heterocycles. The van der Waals surface area contributed by atoms with Gasteiger partial charge in [-0.05, 0) is 37.3 Å². The average Bonchev–Trinajstić information content (AvgIpc) is 2.72. The predicted octanol–water partition coefficient (Wildman–Crippen LogP) is 3.17. The minimum Gasteiger partial charge on any atom is -0.496 e. The zero-order valence-electron chi connectivity index (χ0n) is 16.2. The smallest absolute Gasteiger partial charge is 0.222 e. The molecule has 0 spiro atoms. The summed E-state index contributed by atoms with van der Waals surface area (Å²) in [5, 5.41) is 9.44. The molecular weight excluding hydrogens is 370 g/mol. The van der Waals surface area contributed by atoms with Gasteiger partial charge in [0.15, 0.2) is 11.5 Å². The lowest BCUT2D eigenvalue weighted by molar-refractivity contribution is 0.265. The molecular formula is C21H21N5O3. The highest BCUT2D eigenvalue weighted by atomic mass is 16.5. The van der Waals surface area contributed by atoms with Gasteiger partial charge in [0.2, 0.25) is 5.95 Å². The highest BCUT2D eigenvalue weighted by Crippen LogP contribution is 2.32. The Hall–Kier alpha value is -3.99. The summed E-state index contributed by atoms with van der Waals surface area (Å²) in [5.41, 5.74) is 13.5. The van der Waals surface area contributed by atoms with E-state index in [-0.39, 0.29) is 23.9 Å². The fourth-order valence-electron chi connectivity index (χ4n) is 2.85. The minimum absolute atomic E-state index is 0.00393. The van der Waals surface area contributed by atoms with Gasteiger partial charge in [-0.1, -0.05) is 12.1 Å². The number of aromatic nitrogens is 2. The van der Waals surface area contributed by atoms with Crippen LogP contribution in [0.15, 0.2) is 42.5 Å². The normalized spacial score (nSPS) is 10.2. The zero-order valence-corrected chi connectivity index (χ0v) is 16.2. The fourth-order valence-corrected chi connectivity index (χ4v) is 2.85. The third-order valence-electron chi connectivity index (χ3n) is 4.15. The number of hydrogen-bond donors (Lipinski definition) is 2. The summed E-state index contributed by atoms with van der Waals surface area (Å²) in [4.78, 5) is 8.04. The molecule has 1 heterocycles. The van der Waals surface area contributed by atoms with Crippen LogP contribution in [0.2, 0.25) is 0 Å². The summed E-state index contributed by atoms with van der Waals surface area (Å²) in [5.74, 6) is 1.95. The lowest BCUT2D eigenvalue weighted by atomic mass is 10.0. The highest BCUT2D eigenvalue weighted by Gasteiger charge is 2.16. The van der Waals surface area contributed by atoms with E-state index < -0.39 is 0 Å². The summed E-state index contributed by atoms with van der Waals surface area (Å²) < 4.78 is 17.0. The van der Waals surface area contributed by atoms with E-state index in [1.807, 2.05) is 43.3 Å². The van der Waals surface area contributed by atoms with Gasteiger partial charge in [-0.25, -0.2) is 4.98 Å². The summed E-state index contributed by atoms with van der Waals surface area (Å²) in [6.07, 6.45) is 0. The molecule has 0 amide bonds. The van der Waals surface area contributed by atoms with Gasteiger partial charge in [-0.15, -0.1) is 0 Å². The van der Waals surface area contributed by atoms with Crippen molar-refractivity contribution in [1.29, 1.82) is 5.26 Å². The van der Waals surface area contributed by atoms with Crippen LogP contribution >= 0.6 is 0 Å². The molecule has 3 rings (SSSR count). The quantitative estimate of drug-likeness (QED) is 0.628. The predicted molar refractivity (Wildman–Crippen MR) is 110 cm³/mol. The second kappa shape index (κ2) is 8.80. The van der Waals surface area contributed by atoms with E-state index >= 15 is 0 Å². The molecule has 8 nitrogen and oxygen atoms in total. The number of rotatable bonds is 7. The maximum absolute atomic E-state index is 9.44. The molecule has 2 aromatic carbocycles. The van der Waals surface area contributed by atoms with E-state index in [4.69, 9.17) is 25.7 Å². The minimum atomic E-state index is -0.00393. The van der Waals surface area contributed by atoms with Gasteiger partial charge >= 0.3 is 0 Å². The molecule has 0 saturated heterocycles. The van der Waals surface area contributed by atoms with Crippen molar-refractivity contribution in [2.75, 3.05) is 25.2 Å². The van der Waals surface area contributed by atoms with Gasteiger partial charge < -0.3 is 25.7 Å². The van der Waals surface area contributed by atoms with Crippen LogP contribution in [-0.2, 0) is 6.61 Å². The fraction of sp³-hybridized carbons (Fsp3) is 0.190. The third-order valence-corrected chi connectivity index (χ3v) is 4.15. The number of benzene rings is 2. The number of nitriles is 1. The summed E-state index contributed by atoms with van der Waals surface area (Å²) >= 11 is 0. The second-order valence-electron chi connectivity index (χ2n) is 6.00. The molecule has 148 valence electrons. The van der Waals surface area contributed by atoms with Crippen LogP contribution in [0.4, 0.5) is 11.8 Å². The van der Waals surface area contributed by atoms with Crippen molar-refractivity contribution in [1.82, 2.24) is 9.97 Å². The van der Waals surface area contributed by atoms with Crippen molar-refractivity contribution in [3.05, 3.63) is 53.6 Å². The lowest BCUT2D eigenvalue weighted by Gasteiger charge is -2.15. The second-order valence-corrected chi connectivity index (χ2v) is 6.00. The van der Waals surface area contributed by atoms with Crippen molar-refractivity contribution in [2.45, 2.75) is 13.5 Å². The first-order valence-electron chi connectivity index (χ1n) is 8.92. The van der Waals surface area contributed by atoms with E-state index in [2.05, 4.69) is 9.97 Å². The van der Waals surface area contributed by atoms with E-state index in [0.717, 1.165) is 5.56 Å². The van der Waals surface area contributed by atoms with Crippen LogP contribution < -0.4 is 25.7 Å². The van der Waals surface area contributed by atoms with Crippen molar-refractivity contribution in [3.63, 3.8) is 0 Å². The Labute approximate surface area is 168 Å². The Morgan fingerprint density at radius 2 is 1.72 bits per heavy atom. The van der Waals surface area contributed by atoms with E-state index in [9.17, 15) is 5.26 Å². The van der Waals surface area contributed by atoms with E-state index in [0.29, 0.717) is 35.1 Å². The first-order valence-corrected chi connectivity index (χ1v) is 8.92. The maximum Gasteiger partial charge on any atom is 0.222 e. The summed E-state index contributed by atoms with van der Waals surface area (Å²) in [7, 11) is 1.58. The number of ether oxygens (including phenoxy) is 3. The largest absolute Gasteiger partial charge is 0.496 e. The number of nitrogen functional groups attached to an aromatic ring is 2. The number of hydrogen-bond acceptors (Lipinski definition) is 8. The molecule has 0 atom stereocenters. The van der Waals surface area contributed by atoms with Gasteiger partial charge in [0.1, 0.15) is 29.8 Å². The number of para-hydroxylation sites is 2. The van der Waals surface area contributed by atoms with Gasteiger partial charge in [0.25, 0.3) is 0 Å². The first-order chi connectivity index (χ1) is 14.1. The van der Waals surface area contributed by atoms with Crippen LogP contribution in [0, 0.1) is 11.3 Å². The van der Waals surface area contributed by atoms with Gasteiger partial charge in [0.05, 0.1) is 19.4 Å². The van der Waals surface area contributed by atoms with Crippen LogP contribution in [0.1, 0.15) is 18.1 Å². The molecule has 0 aliphatic rings. The van der Waals surface area contributed by atoms with Gasteiger partial charge in [-0.3, -0.25) is 0 Å². The van der Waals surface area contributed by atoms with Crippen molar-refractivity contribution in [3.8, 4) is 34.6 Å². The molecule has 0 saturated carbocycles. The number of anilines is 2. The molecule has 8 heteroatoms. The average molecular weight is 391 g/mol. The molecule has 0 bridgehead atoms. The highest BCUT2D eigenvalue weighted by molar-refractivity contribution is 5.74. The Morgan fingerprint density at radius 1 is 1.00 bits per heavy atom. The van der Waals surface area contributed by atoms with E-state index in [1.54, 1.807) is 19.2 Å². The SMILES string of the molecule is CCOc1ccccc1OCc1cc(-c2nc(N)nc(N)c2C#N)ccc1OC. The summed E-state index contributed by atoms with van der Waals surface area (Å²) in [6.45, 7) is 2.67. The number of nitrogens with two attached hydrogens (primary N) is 2. The molecule has 1 aromatic heterocycles. The molecule has 0 radical (unpaired) electrons. The third kappa shape index (κ3) is 4.30. The first kappa shape index (κ1) is 19.8. The van der Waals surface area contributed by atoms with Crippen molar-refractivity contribution in [2.24, 2.45) is 0 Å². The van der Waals surface area contributed by atoms with Crippen LogP contribution in [-0.4, -0.2) is 23.7 Å².